The number of aryl methyl sites for hydroxylation is 1. The second-order valence-electron chi connectivity index (χ2n) is 5.78. The van der Waals surface area contributed by atoms with Crippen LogP contribution in [0.5, 0.6) is 0 Å². The molecule has 1 saturated heterocycles. The Morgan fingerprint density at radius 2 is 2.00 bits per heavy atom. The van der Waals surface area contributed by atoms with Crippen molar-refractivity contribution in [3.8, 4) is 0 Å². The smallest absolute Gasteiger partial charge is 0.215 e. The van der Waals surface area contributed by atoms with Crippen molar-refractivity contribution in [1.29, 1.82) is 0 Å². The maximum absolute atomic E-state index is 12.6. The number of hydrogen-bond acceptors (Lipinski definition) is 3. The van der Waals surface area contributed by atoms with E-state index in [1.165, 1.54) is 5.56 Å². The van der Waals surface area contributed by atoms with Crippen molar-refractivity contribution >= 4 is 10.0 Å². The van der Waals surface area contributed by atoms with E-state index < -0.39 is 10.0 Å². The highest BCUT2D eigenvalue weighted by atomic mass is 32.2. The van der Waals surface area contributed by atoms with E-state index in [1.54, 1.807) is 4.31 Å². The second-order valence-corrected chi connectivity index (χ2v) is 7.79. The molecule has 0 bridgehead atoms. The van der Waals surface area contributed by atoms with Gasteiger partial charge in [0.2, 0.25) is 10.0 Å². The lowest BCUT2D eigenvalue weighted by molar-refractivity contribution is 0.406. The average molecular weight is 294 g/mol. The Morgan fingerprint density at radius 1 is 1.20 bits per heavy atom. The van der Waals surface area contributed by atoms with Crippen molar-refractivity contribution in [1.82, 2.24) is 9.62 Å². The van der Waals surface area contributed by atoms with Crippen molar-refractivity contribution in [2.75, 3.05) is 18.8 Å². The first-order valence-corrected chi connectivity index (χ1v) is 9.04. The Balaban J connectivity index is 1.76. The molecule has 0 radical (unpaired) electrons. The van der Waals surface area contributed by atoms with Crippen molar-refractivity contribution in [2.24, 2.45) is 0 Å². The van der Waals surface area contributed by atoms with E-state index in [-0.39, 0.29) is 11.8 Å². The molecule has 2 aliphatic heterocycles. The Morgan fingerprint density at radius 3 is 2.75 bits per heavy atom. The van der Waals surface area contributed by atoms with Crippen LogP contribution in [0.3, 0.4) is 0 Å². The van der Waals surface area contributed by atoms with Crippen LogP contribution in [0, 0.1) is 0 Å². The monoisotopic (exact) mass is 294 g/mol. The van der Waals surface area contributed by atoms with E-state index in [0.717, 1.165) is 37.8 Å². The van der Waals surface area contributed by atoms with Crippen molar-refractivity contribution < 1.29 is 8.42 Å². The van der Waals surface area contributed by atoms with Gasteiger partial charge in [-0.1, -0.05) is 24.3 Å². The largest absolute Gasteiger partial charge is 0.313 e. The molecule has 0 aromatic heterocycles. The minimum absolute atomic E-state index is 0.137. The molecule has 110 valence electrons. The third-order valence-corrected chi connectivity index (χ3v) is 6.21. The van der Waals surface area contributed by atoms with E-state index in [0.29, 0.717) is 13.1 Å². The van der Waals surface area contributed by atoms with E-state index in [9.17, 15) is 8.42 Å². The van der Waals surface area contributed by atoms with Crippen LogP contribution in [0.1, 0.15) is 30.4 Å². The molecule has 1 unspecified atom stereocenters. The number of hydrogen-bond donors (Lipinski definition) is 1. The lowest BCUT2D eigenvalue weighted by Crippen LogP contribution is -2.39. The van der Waals surface area contributed by atoms with Gasteiger partial charge in [0.25, 0.3) is 0 Å². The average Bonchev–Trinajstić information content (AvgIpc) is 2.81. The topological polar surface area (TPSA) is 49.4 Å². The van der Waals surface area contributed by atoms with Gasteiger partial charge in [-0.05, 0) is 43.4 Å². The zero-order valence-electron chi connectivity index (χ0n) is 11.7. The highest BCUT2D eigenvalue weighted by Crippen LogP contribution is 2.21. The summed E-state index contributed by atoms with van der Waals surface area (Å²) in [7, 11) is -3.16. The summed E-state index contributed by atoms with van der Waals surface area (Å²) in [6.07, 6.45) is 3.95. The first-order chi connectivity index (χ1) is 9.65. The molecule has 1 N–H and O–H groups in total. The van der Waals surface area contributed by atoms with Gasteiger partial charge in [0.05, 0.1) is 5.75 Å². The first-order valence-electron chi connectivity index (χ1n) is 7.43. The second kappa shape index (κ2) is 5.84. The van der Waals surface area contributed by atoms with Crippen LogP contribution in [-0.4, -0.2) is 37.6 Å². The minimum atomic E-state index is -3.16. The van der Waals surface area contributed by atoms with Crippen LogP contribution in [0.25, 0.3) is 0 Å². The van der Waals surface area contributed by atoms with Gasteiger partial charge in [-0.3, -0.25) is 0 Å². The summed E-state index contributed by atoms with van der Waals surface area (Å²) in [6.45, 7) is 2.12. The summed E-state index contributed by atoms with van der Waals surface area (Å²) in [4.78, 5) is 0. The molecule has 3 rings (SSSR count). The lowest BCUT2D eigenvalue weighted by atomic mass is 10.0. The highest BCUT2D eigenvalue weighted by molar-refractivity contribution is 7.89. The number of nitrogens with one attached hydrogen (secondary N) is 1. The molecule has 2 aliphatic rings. The minimum Gasteiger partial charge on any atom is -0.313 e. The molecule has 1 aromatic rings. The Bertz CT molecular complexity index is 565. The van der Waals surface area contributed by atoms with E-state index in [2.05, 4.69) is 17.4 Å². The quantitative estimate of drug-likeness (QED) is 0.919. The van der Waals surface area contributed by atoms with Crippen LogP contribution >= 0.6 is 0 Å². The van der Waals surface area contributed by atoms with Gasteiger partial charge in [-0.2, -0.15) is 4.31 Å². The van der Waals surface area contributed by atoms with Crippen LogP contribution in [-0.2, 0) is 23.0 Å². The zero-order valence-corrected chi connectivity index (χ0v) is 12.5. The normalized spacial score (nSPS) is 24.3. The van der Waals surface area contributed by atoms with E-state index in [4.69, 9.17) is 0 Å². The lowest BCUT2D eigenvalue weighted by Gasteiger charge is -2.22. The molecule has 1 fully saturated rings. The number of rotatable bonds is 3. The van der Waals surface area contributed by atoms with Gasteiger partial charge >= 0.3 is 0 Å². The molecule has 0 aliphatic carbocycles. The first kappa shape index (κ1) is 14.0. The number of sulfonamides is 1. The van der Waals surface area contributed by atoms with E-state index in [1.807, 2.05) is 12.1 Å². The van der Waals surface area contributed by atoms with Crippen LogP contribution in [0.15, 0.2) is 24.3 Å². The third-order valence-electron chi connectivity index (χ3n) is 4.29. The highest BCUT2D eigenvalue weighted by Gasteiger charge is 2.29. The molecule has 1 aromatic carbocycles. The zero-order chi connectivity index (χ0) is 14.0. The summed E-state index contributed by atoms with van der Waals surface area (Å²) in [5.41, 5.74) is 2.46. The Kier molecular flexibility index (Phi) is 4.10. The molecule has 5 heteroatoms. The van der Waals surface area contributed by atoms with Gasteiger partial charge in [0, 0.05) is 19.1 Å². The standard InChI is InChI=1S/C15H22N2O2S/c18-20(19,12-15-8-3-9-16-15)17-10-4-7-13-5-1-2-6-14(13)11-17/h1-2,5-6,15-16H,3-4,7-12H2. The summed E-state index contributed by atoms with van der Waals surface area (Å²) < 4.78 is 26.9. The van der Waals surface area contributed by atoms with Crippen molar-refractivity contribution in [2.45, 2.75) is 38.3 Å². The third kappa shape index (κ3) is 3.05. The van der Waals surface area contributed by atoms with Crippen molar-refractivity contribution in [3.05, 3.63) is 35.4 Å². The summed E-state index contributed by atoms with van der Waals surface area (Å²) in [5.74, 6) is 0.245. The fraction of sp³-hybridized carbons (Fsp3) is 0.600. The molecule has 1 atom stereocenters. The number of benzene rings is 1. The van der Waals surface area contributed by atoms with Gasteiger partial charge in [0.15, 0.2) is 0 Å². The molecule has 0 saturated carbocycles. The predicted octanol–water partition coefficient (Wildman–Crippen LogP) is 1.52. The summed E-state index contributed by atoms with van der Waals surface area (Å²) in [5, 5.41) is 3.28. The maximum atomic E-state index is 12.6. The molecule has 2 heterocycles. The molecule has 20 heavy (non-hydrogen) atoms. The summed E-state index contributed by atoms with van der Waals surface area (Å²) in [6, 6.07) is 8.33. The van der Waals surface area contributed by atoms with Crippen LogP contribution in [0.2, 0.25) is 0 Å². The predicted molar refractivity (Wildman–Crippen MR) is 80.0 cm³/mol. The fourth-order valence-electron chi connectivity index (χ4n) is 3.17. The Labute approximate surface area is 121 Å². The van der Waals surface area contributed by atoms with Crippen LogP contribution in [0.4, 0.5) is 0 Å². The molecule has 0 amide bonds. The molecule has 4 nitrogen and oxygen atoms in total. The summed E-state index contributed by atoms with van der Waals surface area (Å²) >= 11 is 0. The van der Waals surface area contributed by atoms with Gasteiger partial charge < -0.3 is 5.32 Å². The Hall–Kier alpha value is -0.910. The van der Waals surface area contributed by atoms with Crippen LogP contribution < -0.4 is 5.32 Å². The van der Waals surface area contributed by atoms with Gasteiger partial charge in [0.1, 0.15) is 0 Å². The van der Waals surface area contributed by atoms with E-state index >= 15 is 0 Å². The molecular formula is C15H22N2O2S. The van der Waals surface area contributed by atoms with Crippen molar-refractivity contribution in [3.63, 3.8) is 0 Å². The maximum Gasteiger partial charge on any atom is 0.215 e. The number of nitrogens with zero attached hydrogens (tertiary/aromatic N) is 1. The molecule has 0 spiro atoms. The SMILES string of the molecule is O=S(=O)(CC1CCCN1)N1CCCc2ccccc2C1. The molecular weight excluding hydrogens is 272 g/mol. The van der Waals surface area contributed by atoms with Gasteiger partial charge in [-0.15, -0.1) is 0 Å². The van der Waals surface area contributed by atoms with Gasteiger partial charge in [-0.25, -0.2) is 8.42 Å². The number of fused-ring (bicyclic) bond motifs is 1. The fourth-order valence-corrected chi connectivity index (χ4v) is 4.91.